The second-order valence-electron chi connectivity index (χ2n) is 12.0. The molecule has 0 amide bonds. The monoisotopic (exact) mass is 737 g/mol. The molecule has 0 unspecified atom stereocenters. The number of nitrogens with zero attached hydrogens (tertiary/aromatic N) is 2. The number of hydrogen-bond acceptors (Lipinski definition) is 3. The number of rotatable bonds is 3. The van der Waals surface area contributed by atoms with Crippen LogP contribution in [0.3, 0.4) is 0 Å². The predicted octanol–water partition coefficient (Wildman–Crippen LogP) is 8.98. The van der Waals surface area contributed by atoms with Crippen molar-refractivity contribution in [3.8, 4) is 22.5 Å². The first-order valence-corrected chi connectivity index (χ1v) is 16.9. The summed E-state index contributed by atoms with van der Waals surface area (Å²) in [4.78, 5) is 9.01. The van der Waals surface area contributed by atoms with E-state index in [-0.39, 0.29) is 31.3 Å². The van der Waals surface area contributed by atoms with Gasteiger partial charge in [-0.3, -0.25) is 0 Å². The summed E-state index contributed by atoms with van der Waals surface area (Å²) in [6.07, 6.45) is 3.83. The zero-order valence-corrected chi connectivity index (χ0v) is 27.6. The van der Waals surface area contributed by atoms with Crippen LogP contribution in [0.2, 0.25) is 19.6 Å². The Labute approximate surface area is 256 Å². The average molecular weight is 737 g/mol. The second-order valence-corrected chi connectivity index (χ2v) is 17.1. The Morgan fingerprint density at radius 3 is 2.27 bits per heavy atom. The van der Waals surface area contributed by atoms with Gasteiger partial charge in [0.1, 0.15) is 11.4 Å². The van der Waals surface area contributed by atoms with E-state index in [9.17, 15) is 4.39 Å². The first-order valence-electron chi connectivity index (χ1n) is 13.4. The molecule has 211 valence electrons. The summed E-state index contributed by atoms with van der Waals surface area (Å²) in [6.45, 7) is 13.5. The van der Waals surface area contributed by atoms with Crippen LogP contribution in [-0.4, -0.2) is 18.0 Å². The molecule has 0 aliphatic rings. The third-order valence-corrected chi connectivity index (χ3v) is 8.92. The average Bonchev–Trinajstić information content (AvgIpc) is 3.31. The Morgan fingerprint density at radius 2 is 1.61 bits per heavy atom. The van der Waals surface area contributed by atoms with E-state index < -0.39 is 8.07 Å². The van der Waals surface area contributed by atoms with Gasteiger partial charge >= 0.3 is 0 Å². The Bertz CT molecular complexity index is 1770. The summed E-state index contributed by atoms with van der Waals surface area (Å²) in [5.41, 5.74) is 6.13. The fourth-order valence-corrected chi connectivity index (χ4v) is 5.52. The molecule has 6 heteroatoms. The molecule has 41 heavy (non-hydrogen) atoms. The largest absolute Gasteiger partial charge is 0.500 e. The normalized spacial score (nSPS) is 11.6. The van der Waals surface area contributed by atoms with E-state index in [4.69, 9.17) is 4.42 Å². The number of halogens is 1. The van der Waals surface area contributed by atoms with E-state index >= 15 is 0 Å². The minimum atomic E-state index is -1.23. The number of hydrogen-bond donors (Lipinski definition) is 0. The maximum absolute atomic E-state index is 13.5. The quantitative estimate of drug-likeness (QED) is 0.135. The van der Waals surface area contributed by atoms with Crippen molar-refractivity contribution < 1.29 is 28.9 Å². The van der Waals surface area contributed by atoms with Crippen molar-refractivity contribution in [2.24, 2.45) is 0 Å². The molecule has 3 heterocycles. The SMILES string of the molecule is CC(C)(C)c1ccnc(-c2[c-]ccc3c2oc2cc(F)ccc23)c1.C[Si](C)(C)c1ccc(-c2[c-]cccc2)nc1.[Ir]. The van der Waals surface area contributed by atoms with Gasteiger partial charge in [0, 0.05) is 44.0 Å². The number of pyridine rings is 2. The molecule has 3 aromatic carbocycles. The summed E-state index contributed by atoms with van der Waals surface area (Å²) < 4.78 is 19.4. The third-order valence-electron chi connectivity index (χ3n) is 6.89. The smallest absolute Gasteiger partial charge is 0.126 e. The van der Waals surface area contributed by atoms with Crippen molar-refractivity contribution in [1.29, 1.82) is 0 Å². The second kappa shape index (κ2) is 12.2. The summed E-state index contributed by atoms with van der Waals surface area (Å²) in [6, 6.07) is 31.2. The summed E-state index contributed by atoms with van der Waals surface area (Å²) in [5.74, 6) is -0.306. The summed E-state index contributed by atoms with van der Waals surface area (Å²) in [5, 5.41) is 3.24. The molecular formula is C35H33FIrN2OSi-2. The Kier molecular flexibility index (Phi) is 9.08. The fraction of sp³-hybridized carbons (Fsp3) is 0.200. The summed E-state index contributed by atoms with van der Waals surface area (Å²) >= 11 is 0. The van der Waals surface area contributed by atoms with Crippen molar-refractivity contribution >= 4 is 35.2 Å². The maximum Gasteiger partial charge on any atom is 0.126 e. The van der Waals surface area contributed by atoms with Crippen LogP contribution in [0.4, 0.5) is 4.39 Å². The van der Waals surface area contributed by atoms with Crippen LogP contribution in [0, 0.1) is 17.9 Å². The van der Waals surface area contributed by atoms with Crippen LogP contribution < -0.4 is 5.19 Å². The number of benzene rings is 3. The van der Waals surface area contributed by atoms with Crippen molar-refractivity contribution in [2.45, 2.75) is 45.8 Å². The zero-order chi connectivity index (χ0) is 28.5. The molecule has 0 atom stereocenters. The molecule has 6 rings (SSSR count). The van der Waals surface area contributed by atoms with Crippen LogP contribution in [0.25, 0.3) is 44.5 Å². The van der Waals surface area contributed by atoms with Crippen molar-refractivity contribution in [3.05, 3.63) is 115 Å². The van der Waals surface area contributed by atoms with Gasteiger partial charge in [-0.1, -0.05) is 69.6 Å². The van der Waals surface area contributed by atoms with E-state index in [1.807, 2.05) is 54.9 Å². The topological polar surface area (TPSA) is 38.9 Å². The molecule has 0 aliphatic heterocycles. The zero-order valence-electron chi connectivity index (χ0n) is 24.2. The molecule has 0 bridgehead atoms. The van der Waals surface area contributed by atoms with Gasteiger partial charge in [-0.25, -0.2) is 4.39 Å². The molecule has 6 aromatic rings. The molecular weight excluding hydrogens is 704 g/mol. The van der Waals surface area contributed by atoms with Gasteiger partial charge in [0.15, 0.2) is 0 Å². The molecule has 0 saturated heterocycles. The molecule has 3 aromatic heterocycles. The Morgan fingerprint density at radius 1 is 0.805 bits per heavy atom. The fourth-order valence-electron chi connectivity index (χ4n) is 4.49. The van der Waals surface area contributed by atoms with Gasteiger partial charge in [0.05, 0.1) is 13.7 Å². The van der Waals surface area contributed by atoms with E-state index in [1.54, 1.807) is 6.07 Å². The first kappa shape index (κ1) is 30.5. The van der Waals surface area contributed by atoms with Crippen molar-refractivity contribution in [1.82, 2.24) is 9.97 Å². The van der Waals surface area contributed by atoms with Crippen molar-refractivity contribution in [2.75, 3.05) is 0 Å². The van der Waals surface area contributed by atoms with Crippen LogP contribution in [0.1, 0.15) is 26.3 Å². The number of fused-ring (bicyclic) bond motifs is 3. The first-order chi connectivity index (χ1) is 19.0. The van der Waals surface area contributed by atoms with Crippen molar-refractivity contribution in [3.63, 3.8) is 0 Å². The van der Waals surface area contributed by atoms with Crippen LogP contribution in [0.15, 0.2) is 95.7 Å². The third kappa shape index (κ3) is 6.90. The maximum atomic E-state index is 13.5. The van der Waals surface area contributed by atoms with Crippen LogP contribution >= 0.6 is 0 Å². The molecule has 0 spiro atoms. The summed E-state index contributed by atoms with van der Waals surface area (Å²) in [7, 11) is -1.23. The molecule has 0 fully saturated rings. The number of aromatic nitrogens is 2. The standard InChI is InChI=1S/C21H17FNO.C14H16NSi.Ir/c1-21(2,3)13-9-10-23-18(11-13)17-6-4-5-16-15-8-7-14(22)12-19(15)24-20(16)17;1-16(2,3)13-9-10-14(15-11-13)12-7-5-4-6-8-12;/h4-5,7-12H,1-3H3;4-7,9-11H,1-3H3;/q2*-1;. The molecule has 0 N–H and O–H groups in total. The van der Waals surface area contributed by atoms with Gasteiger partial charge in [-0.05, 0) is 45.8 Å². The van der Waals surface area contributed by atoms with E-state index in [0.717, 1.165) is 33.3 Å². The Hall–Kier alpha value is -3.44. The molecule has 0 aliphatic carbocycles. The van der Waals surface area contributed by atoms with Gasteiger partial charge in [-0.15, -0.1) is 54.1 Å². The van der Waals surface area contributed by atoms with E-state index in [2.05, 4.69) is 80.7 Å². The Balaban J connectivity index is 0.000000200. The van der Waals surface area contributed by atoms with Gasteiger partial charge in [-0.2, -0.15) is 0 Å². The van der Waals surface area contributed by atoms with E-state index in [1.165, 1.54) is 22.9 Å². The minimum Gasteiger partial charge on any atom is -0.500 e. The van der Waals surface area contributed by atoms with Crippen LogP contribution in [-0.2, 0) is 25.5 Å². The van der Waals surface area contributed by atoms with Crippen LogP contribution in [0.5, 0.6) is 0 Å². The van der Waals surface area contributed by atoms with Gasteiger partial charge < -0.3 is 14.4 Å². The number of furan rings is 1. The molecule has 1 radical (unpaired) electrons. The molecule has 0 saturated carbocycles. The van der Waals surface area contributed by atoms with E-state index in [0.29, 0.717) is 11.2 Å². The minimum absolute atomic E-state index is 0. The van der Waals surface area contributed by atoms with Gasteiger partial charge in [0.25, 0.3) is 0 Å². The molecule has 3 nitrogen and oxygen atoms in total. The predicted molar refractivity (Wildman–Crippen MR) is 166 cm³/mol. The van der Waals surface area contributed by atoms with Gasteiger partial charge in [0.2, 0.25) is 0 Å².